The van der Waals surface area contributed by atoms with Crippen molar-refractivity contribution >= 4 is 17.5 Å². The summed E-state index contributed by atoms with van der Waals surface area (Å²) in [4.78, 5) is 3.03. The zero-order valence-electron chi connectivity index (χ0n) is 12.9. The highest BCUT2D eigenvalue weighted by atomic mass is 35.5. The van der Waals surface area contributed by atoms with Crippen molar-refractivity contribution in [1.29, 1.82) is 0 Å². The number of rotatable bonds is 5. The van der Waals surface area contributed by atoms with Gasteiger partial charge < -0.3 is 15.0 Å². The van der Waals surface area contributed by atoms with Crippen LogP contribution < -0.4 is 10.1 Å². The van der Waals surface area contributed by atoms with Crippen LogP contribution in [0.3, 0.4) is 0 Å². The number of aromatic amines is 1. The first-order valence-electron chi connectivity index (χ1n) is 7.27. The van der Waals surface area contributed by atoms with Gasteiger partial charge in [0.05, 0.1) is 0 Å². The van der Waals surface area contributed by atoms with Crippen LogP contribution in [0, 0.1) is 13.8 Å². The normalized spacial score (nSPS) is 10.6. The maximum absolute atomic E-state index is 6.34. The van der Waals surface area contributed by atoms with Crippen molar-refractivity contribution in [3.8, 4) is 11.5 Å². The number of nitrogens with zero attached hydrogens (tertiary/aromatic N) is 2. The van der Waals surface area contributed by atoms with Gasteiger partial charge in [-0.2, -0.15) is 0 Å². The molecule has 0 spiro atoms. The van der Waals surface area contributed by atoms with E-state index < -0.39 is 0 Å². The van der Waals surface area contributed by atoms with Crippen LogP contribution >= 0.6 is 11.6 Å². The lowest BCUT2D eigenvalue weighted by molar-refractivity contribution is 0.473. The largest absolute Gasteiger partial charge is 0.457 e. The van der Waals surface area contributed by atoms with Gasteiger partial charge in [0.15, 0.2) is 0 Å². The lowest BCUT2D eigenvalue weighted by Gasteiger charge is -2.14. The third-order valence-corrected chi connectivity index (χ3v) is 3.78. The van der Waals surface area contributed by atoms with Crippen LogP contribution in [0.15, 0.2) is 42.5 Å². The number of benzene rings is 2. The molecule has 0 aliphatic heterocycles. The van der Waals surface area contributed by atoms with Crippen LogP contribution in [0.5, 0.6) is 11.5 Å². The number of H-pyrrole nitrogens is 1. The van der Waals surface area contributed by atoms with Gasteiger partial charge in [-0.15, -0.1) is 10.2 Å². The fourth-order valence-electron chi connectivity index (χ4n) is 2.19. The summed E-state index contributed by atoms with van der Waals surface area (Å²) >= 11 is 6.34. The molecule has 0 amide bonds. The Morgan fingerprint density at radius 2 is 1.83 bits per heavy atom. The third kappa shape index (κ3) is 3.63. The summed E-state index contributed by atoms with van der Waals surface area (Å²) in [6.45, 7) is 4.34. The summed E-state index contributed by atoms with van der Waals surface area (Å²) in [5, 5.41) is 11.7. The predicted molar refractivity (Wildman–Crippen MR) is 91.2 cm³/mol. The quantitative estimate of drug-likeness (QED) is 0.725. The number of para-hydroxylation sites is 1. The average Bonchev–Trinajstić information content (AvgIpc) is 2.94. The average molecular weight is 329 g/mol. The van der Waals surface area contributed by atoms with E-state index in [1.54, 1.807) is 0 Å². The first-order valence-corrected chi connectivity index (χ1v) is 7.65. The first-order chi connectivity index (χ1) is 11.1. The number of halogens is 1. The molecule has 0 fully saturated rings. The fraction of sp³-hybridized carbons (Fsp3) is 0.176. The lowest BCUT2D eigenvalue weighted by Crippen LogP contribution is -2.04. The number of ether oxygens (including phenoxy) is 1. The molecule has 0 bridgehead atoms. The Labute approximate surface area is 139 Å². The fourth-order valence-corrected chi connectivity index (χ4v) is 2.43. The summed E-state index contributed by atoms with van der Waals surface area (Å²) in [5.41, 5.74) is 1.93. The van der Waals surface area contributed by atoms with Gasteiger partial charge >= 0.3 is 0 Å². The van der Waals surface area contributed by atoms with Crippen LogP contribution in [0.1, 0.15) is 17.0 Å². The molecule has 3 rings (SSSR count). The Bertz CT molecular complexity index is 816. The van der Waals surface area contributed by atoms with E-state index >= 15 is 0 Å². The molecule has 0 aliphatic carbocycles. The molecule has 23 heavy (non-hydrogen) atoms. The molecular weight excluding hydrogens is 312 g/mol. The highest BCUT2D eigenvalue weighted by Crippen LogP contribution is 2.32. The van der Waals surface area contributed by atoms with Gasteiger partial charge in [-0.25, -0.2) is 0 Å². The Balaban J connectivity index is 1.83. The van der Waals surface area contributed by atoms with E-state index in [9.17, 15) is 0 Å². The zero-order chi connectivity index (χ0) is 16.2. The summed E-state index contributed by atoms with van der Waals surface area (Å²) in [6.07, 6.45) is 0. The van der Waals surface area contributed by atoms with Gasteiger partial charge in [-0.3, -0.25) is 0 Å². The molecule has 0 atom stereocenters. The topological polar surface area (TPSA) is 62.8 Å². The van der Waals surface area contributed by atoms with Crippen molar-refractivity contribution in [3.05, 3.63) is 64.4 Å². The predicted octanol–water partition coefficient (Wildman–Crippen LogP) is 4.48. The molecule has 3 aromatic rings. The second kappa shape index (κ2) is 6.71. The van der Waals surface area contributed by atoms with Crippen LogP contribution in [0.4, 0.5) is 5.95 Å². The molecule has 2 N–H and O–H groups in total. The van der Waals surface area contributed by atoms with Gasteiger partial charge in [0.25, 0.3) is 0 Å². The van der Waals surface area contributed by atoms with Gasteiger partial charge in [0, 0.05) is 17.1 Å². The Morgan fingerprint density at radius 1 is 1.04 bits per heavy atom. The van der Waals surface area contributed by atoms with E-state index in [0.717, 1.165) is 28.5 Å². The van der Waals surface area contributed by atoms with Crippen molar-refractivity contribution in [3.63, 3.8) is 0 Å². The smallest absolute Gasteiger partial charge is 0.222 e. The first kappa shape index (κ1) is 15.4. The molecule has 0 saturated carbocycles. The van der Waals surface area contributed by atoms with Crippen molar-refractivity contribution in [1.82, 2.24) is 15.2 Å². The summed E-state index contributed by atoms with van der Waals surface area (Å²) < 4.78 is 6.04. The zero-order valence-corrected chi connectivity index (χ0v) is 13.7. The maximum Gasteiger partial charge on any atom is 0.222 e. The standard InChI is InChI=1S/C17H17ClN4O/c1-11-6-3-4-8-15(11)23-16-9-5-7-14(18)13(16)10-19-17-20-12(2)21-22-17/h3-9H,10H2,1-2H3,(H2,19,20,21,22). The minimum absolute atomic E-state index is 0.482. The molecule has 1 heterocycles. The van der Waals surface area contributed by atoms with Crippen molar-refractivity contribution < 1.29 is 4.74 Å². The van der Waals surface area contributed by atoms with E-state index in [-0.39, 0.29) is 0 Å². The van der Waals surface area contributed by atoms with Crippen LogP contribution in [-0.4, -0.2) is 15.2 Å². The summed E-state index contributed by atoms with van der Waals surface area (Å²) in [6, 6.07) is 13.5. The Hall–Kier alpha value is -2.53. The molecule has 2 aromatic carbocycles. The van der Waals surface area contributed by atoms with Crippen LogP contribution in [0.2, 0.25) is 5.02 Å². The second-order valence-electron chi connectivity index (χ2n) is 5.20. The molecule has 5 nitrogen and oxygen atoms in total. The lowest BCUT2D eigenvalue weighted by atomic mass is 10.2. The number of hydrogen-bond donors (Lipinski definition) is 2. The minimum Gasteiger partial charge on any atom is -0.457 e. The van der Waals surface area contributed by atoms with Gasteiger partial charge in [-0.05, 0) is 37.6 Å². The molecule has 0 aliphatic rings. The van der Waals surface area contributed by atoms with Crippen molar-refractivity contribution in [2.45, 2.75) is 20.4 Å². The molecule has 1 aromatic heterocycles. The summed E-state index contributed by atoms with van der Waals surface area (Å²) in [5.74, 6) is 2.88. The van der Waals surface area contributed by atoms with Crippen LogP contribution in [0.25, 0.3) is 0 Å². The molecule has 0 unspecified atom stereocenters. The van der Waals surface area contributed by atoms with Crippen molar-refractivity contribution in [2.24, 2.45) is 0 Å². The van der Waals surface area contributed by atoms with Crippen molar-refractivity contribution in [2.75, 3.05) is 5.32 Å². The SMILES string of the molecule is Cc1nnc(NCc2c(Cl)cccc2Oc2ccccc2C)[nH]1. The third-order valence-electron chi connectivity index (χ3n) is 3.42. The molecule has 6 heteroatoms. The Kier molecular flexibility index (Phi) is 4.48. The molecule has 118 valence electrons. The van der Waals surface area contributed by atoms with E-state index in [0.29, 0.717) is 17.5 Å². The van der Waals surface area contributed by atoms with Gasteiger partial charge in [0.2, 0.25) is 5.95 Å². The molecular formula is C17H17ClN4O. The Morgan fingerprint density at radius 3 is 2.57 bits per heavy atom. The second-order valence-corrected chi connectivity index (χ2v) is 5.60. The monoisotopic (exact) mass is 328 g/mol. The summed E-state index contributed by atoms with van der Waals surface area (Å²) in [7, 11) is 0. The number of nitrogens with one attached hydrogen (secondary N) is 2. The van der Waals surface area contributed by atoms with E-state index in [1.807, 2.05) is 56.3 Å². The minimum atomic E-state index is 0.482. The number of hydrogen-bond acceptors (Lipinski definition) is 4. The highest BCUT2D eigenvalue weighted by Gasteiger charge is 2.11. The number of aryl methyl sites for hydroxylation is 2. The number of aromatic nitrogens is 3. The number of anilines is 1. The van der Waals surface area contributed by atoms with Gasteiger partial charge in [-0.1, -0.05) is 35.9 Å². The van der Waals surface area contributed by atoms with E-state index in [4.69, 9.17) is 16.3 Å². The maximum atomic E-state index is 6.34. The molecule has 0 radical (unpaired) electrons. The highest BCUT2D eigenvalue weighted by molar-refractivity contribution is 6.31. The molecule has 0 saturated heterocycles. The van der Waals surface area contributed by atoms with Crippen LogP contribution in [-0.2, 0) is 6.54 Å². The van der Waals surface area contributed by atoms with E-state index in [2.05, 4.69) is 20.5 Å². The van der Waals surface area contributed by atoms with Gasteiger partial charge in [0.1, 0.15) is 17.3 Å². The van der Waals surface area contributed by atoms with E-state index in [1.165, 1.54) is 0 Å².